The van der Waals surface area contributed by atoms with Crippen LogP contribution in [0.2, 0.25) is 0 Å². The Hall–Kier alpha value is -2.82. The Labute approximate surface area is 159 Å². The SMILES string of the molecule is Cc1cnc(-c2ccccc2)n1CCC1CCN(C(=O)c2ccoc2)CC1. The average molecular weight is 363 g/mol. The minimum Gasteiger partial charge on any atom is -0.472 e. The van der Waals surface area contributed by atoms with E-state index in [0.29, 0.717) is 11.5 Å². The molecule has 0 N–H and O–H groups in total. The first kappa shape index (κ1) is 17.6. The molecule has 5 heteroatoms. The second-order valence-corrected chi connectivity index (χ2v) is 7.28. The molecular formula is C22H25N3O2. The number of aryl methyl sites for hydroxylation is 1. The number of hydrogen-bond donors (Lipinski definition) is 0. The molecule has 4 rings (SSSR count). The molecule has 140 valence electrons. The lowest BCUT2D eigenvalue weighted by atomic mass is 9.93. The number of carbonyl (C=O) groups is 1. The second kappa shape index (κ2) is 7.82. The lowest BCUT2D eigenvalue weighted by Crippen LogP contribution is -2.38. The smallest absolute Gasteiger partial charge is 0.257 e. The van der Waals surface area contributed by atoms with Crippen molar-refractivity contribution >= 4 is 5.91 Å². The molecule has 1 aliphatic rings. The first-order chi connectivity index (χ1) is 13.2. The summed E-state index contributed by atoms with van der Waals surface area (Å²) in [5.74, 6) is 1.77. The van der Waals surface area contributed by atoms with Crippen molar-refractivity contribution in [2.45, 2.75) is 32.7 Å². The minimum absolute atomic E-state index is 0.0824. The fourth-order valence-corrected chi connectivity index (χ4v) is 3.87. The molecule has 0 unspecified atom stereocenters. The van der Waals surface area contributed by atoms with Crippen LogP contribution in [0.25, 0.3) is 11.4 Å². The summed E-state index contributed by atoms with van der Waals surface area (Å²) in [5.41, 5.74) is 3.00. The van der Waals surface area contributed by atoms with E-state index in [-0.39, 0.29) is 5.91 Å². The third-order valence-electron chi connectivity index (χ3n) is 5.52. The van der Waals surface area contributed by atoms with Crippen LogP contribution in [-0.2, 0) is 6.54 Å². The van der Waals surface area contributed by atoms with Gasteiger partial charge in [-0.2, -0.15) is 0 Å². The van der Waals surface area contributed by atoms with E-state index in [0.717, 1.165) is 50.3 Å². The highest BCUT2D eigenvalue weighted by Gasteiger charge is 2.24. The molecule has 3 heterocycles. The topological polar surface area (TPSA) is 51.3 Å². The summed E-state index contributed by atoms with van der Waals surface area (Å²) >= 11 is 0. The molecule has 0 radical (unpaired) electrons. The van der Waals surface area contributed by atoms with Crippen LogP contribution in [0.1, 0.15) is 35.3 Å². The number of nitrogens with zero attached hydrogens (tertiary/aromatic N) is 3. The summed E-state index contributed by atoms with van der Waals surface area (Å²) in [6.45, 7) is 4.73. The Balaban J connectivity index is 1.35. The van der Waals surface area contributed by atoms with E-state index in [9.17, 15) is 4.79 Å². The minimum atomic E-state index is 0.0824. The number of amides is 1. The van der Waals surface area contributed by atoms with Crippen LogP contribution >= 0.6 is 0 Å². The first-order valence-corrected chi connectivity index (χ1v) is 9.61. The van der Waals surface area contributed by atoms with Gasteiger partial charge in [0.05, 0.1) is 11.8 Å². The maximum absolute atomic E-state index is 12.4. The molecule has 1 saturated heterocycles. The largest absolute Gasteiger partial charge is 0.472 e. The van der Waals surface area contributed by atoms with E-state index in [2.05, 4.69) is 40.7 Å². The van der Waals surface area contributed by atoms with E-state index in [4.69, 9.17) is 4.42 Å². The average Bonchev–Trinajstić information content (AvgIpc) is 3.37. The highest BCUT2D eigenvalue weighted by molar-refractivity contribution is 5.93. The van der Waals surface area contributed by atoms with Gasteiger partial charge in [-0.05, 0) is 38.2 Å². The molecule has 3 aromatic rings. The molecule has 0 bridgehead atoms. The van der Waals surface area contributed by atoms with Crippen LogP contribution in [0.4, 0.5) is 0 Å². The van der Waals surface area contributed by atoms with Crippen molar-refractivity contribution in [3.63, 3.8) is 0 Å². The molecule has 2 aromatic heterocycles. The number of furan rings is 1. The molecule has 1 aromatic carbocycles. The summed E-state index contributed by atoms with van der Waals surface area (Å²) < 4.78 is 7.35. The molecule has 0 atom stereocenters. The first-order valence-electron chi connectivity index (χ1n) is 9.61. The molecule has 0 spiro atoms. The monoisotopic (exact) mass is 363 g/mol. The number of benzene rings is 1. The van der Waals surface area contributed by atoms with E-state index in [1.54, 1.807) is 12.3 Å². The van der Waals surface area contributed by atoms with Crippen LogP contribution in [-0.4, -0.2) is 33.4 Å². The molecule has 1 fully saturated rings. The second-order valence-electron chi connectivity index (χ2n) is 7.28. The van der Waals surface area contributed by atoms with Gasteiger partial charge in [-0.3, -0.25) is 4.79 Å². The zero-order valence-electron chi connectivity index (χ0n) is 15.7. The maximum Gasteiger partial charge on any atom is 0.257 e. The standard InChI is InChI=1S/C22H25N3O2/c1-17-15-23-21(19-5-3-2-4-6-19)25(17)13-9-18-7-11-24(12-8-18)22(26)20-10-14-27-16-20/h2-6,10,14-16,18H,7-9,11-13H2,1H3. The quantitative estimate of drug-likeness (QED) is 0.675. The predicted octanol–water partition coefficient (Wildman–Crippen LogP) is 4.39. The van der Waals surface area contributed by atoms with Gasteiger partial charge in [0.1, 0.15) is 12.1 Å². The molecule has 5 nitrogen and oxygen atoms in total. The number of rotatable bonds is 5. The van der Waals surface area contributed by atoms with Gasteiger partial charge in [-0.25, -0.2) is 4.98 Å². The number of hydrogen-bond acceptors (Lipinski definition) is 3. The predicted molar refractivity (Wildman–Crippen MR) is 104 cm³/mol. The molecule has 27 heavy (non-hydrogen) atoms. The summed E-state index contributed by atoms with van der Waals surface area (Å²) in [5, 5.41) is 0. The lowest BCUT2D eigenvalue weighted by Gasteiger charge is -2.32. The zero-order valence-corrected chi connectivity index (χ0v) is 15.7. The fourth-order valence-electron chi connectivity index (χ4n) is 3.87. The van der Waals surface area contributed by atoms with Gasteiger partial charge in [0.2, 0.25) is 0 Å². The van der Waals surface area contributed by atoms with Gasteiger partial charge in [-0.1, -0.05) is 30.3 Å². The number of aromatic nitrogens is 2. The van der Waals surface area contributed by atoms with Crippen molar-refractivity contribution in [1.82, 2.24) is 14.5 Å². The van der Waals surface area contributed by atoms with Gasteiger partial charge >= 0.3 is 0 Å². The lowest BCUT2D eigenvalue weighted by molar-refractivity contribution is 0.0684. The zero-order chi connectivity index (χ0) is 18.6. The van der Waals surface area contributed by atoms with E-state index in [1.807, 2.05) is 17.2 Å². The highest BCUT2D eigenvalue weighted by atomic mass is 16.3. The van der Waals surface area contributed by atoms with Gasteiger partial charge in [0, 0.05) is 37.1 Å². The Bertz CT molecular complexity index is 876. The van der Waals surface area contributed by atoms with Crippen LogP contribution < -0.4 is 0 Å². The Kier molecular flexibility index (Phi) is 5.10. The van der Waals surface area contributed by atoms with E-state index >= 15 is 0 Å². The highest BCUT2D eigenvalue weighted by Crippen LogP contribution is 2.25. The Morgan fingerprint density at radius 1 is 1.19 bits per heavy atom. The van der Waals surface area contributed by atoms with E-state index < -0.39 is 0 Å². The van der Waals surface area contributed by atoms with Crippen molar-refractivity contribution in [3.8, 4) is 11.4 Å². The van der Waals surface area contributed by atoms with Crippen molar-refractivity contribution < 1.29 is 9.21 Å². The van der Waals surface area contributed by atoms with Crippen LogP contribution in [0, 0.1) is 12.8 Å². The summed E-state index contributed by atoms with van der Waals surface area (Å²) in [6, 6.07) is 12.1. The maximum atomic E-state index is 12.4. The van der Waals surface area contributed by atoms with Gasteiger partial charge < -0.3 is 13.9 Å². The molecule has 0 aliphatic carbocycles. The Morgan fingerprint density at radius 3 is 2.67 bits per heavy atom. The van der Waals surface area contributed by atoms with Crippen LogP contribution in [0.3, 0.4) is 0 Å². The summed E-state index contributed by atoms with van der Waals surface area (Å²) in [7, 11) is 0. The number of piperidine rings is 1. The van der Waals surface area contributed by atoms with Crippen molar-refractivity contribution in [3.05, 3.63) is 66.4 Å². The van der Waals surface area contributed by atoms with Crippen molar-refractivity contribution in [2.75, 3.05) is 13.1 Å². The Morgan fingerprint density at radius 2 is 1.96 bits per heavy atom. The summed E-state index contributed by atoms with van der Waals surface area (Å²) in [6.07, 6.45) is 8.26. The summed E-state index contributed by atoms with van der Waals surface area (Å²) in [4.78, 5) is 19.0. The van der Waals surface area contributed by atoms with Gasteiger partial charge in [0.25, 0.3) is 5.91 Å². The van der Waals surface area contributed by atoms with E-state index in [1.165, 1.54) is 12.0 Å². The van der Waals surface area contributed by atoms with Gasteiger partial charge in [-0.15, -0.1) is 0 Å². The third kappa shape index (κ3) is 3.82. The fraction of sp³-hybridized carbons (Fsp3) is 0.364. The number of likely N-dealkylation sites (tertiary alicyclic amines) is 1. The molecule has 1 aliphatic heterocycles. The molecule has 1 amide bonds. The third-order valence-corrected chi connectivity index (χ3v) is 5.52. The molecule has 0 saturated carbocycles. The van der Waals surface area contributed by atoms with Crippen LogP contribution in [0.5, 0.6) is 0 Å². The molecular weight excluding hydrogens is 338 g/mol. The number of imidazole rings is 1. The van der Waals surface area contributed by atoms with Gasteiger partial charge in [0.15, 0.2) is 0 Å². The van der Waals surface area contributed by atoms with Crippen molar-refractivity contribution in [2.24, 2.45) is 5.92 Å². The number of carbonyl (C=O) groups excluding carboxylic acids is 1. The normalized spacial score (nSPS) is 15.2. The van der Waals surface area contributed by atoms with Crippen LogP contribution in [0.15, 0.2) is 59.5 Å². The van der Waals surface area contributed by atoms with Crippen molar-refractivity contribution in [1.29, 1.82) is 0 Å².